The lowest BCUT2D eigenvalue weighted by Gasteiger charge is -2.47. The molecule has 2 aliphatic rings. The predicted molar refractivity (Wildman–Crippen MR) is 77.7 cm³/mol. The van der Waals surface area contributed by atoms with Gasteiger partial charge in [0.1, 0.15) is 0 Å². The van der Waals surface area contributed by atoms with Crippen molar-refractivity contribution in [1.82, 2.24) is 9.80 Å². The third kappa shape index (κ3) is 2.45. The van der Waals surface area contributed by atoms with Crippen LogP contribution in [0.4, 0.5) is 0 Å². The van der Waals surface area contributed by atoms with Gasteiger partial charge in [-0.1, -0.05) is 13.8 Å². The van der Waals surface area contributed by atoms with E-state index in [0.717, 1.165) is 6.54 Å². The van der Waals surface area contributed by atoms with Crippen LogP contribution in [0.15, 0.2) is 0 Å². The summed E-state index contributed by atoms with van der Waals surface area (Å²) in [4.78, 5) is 5.18. The van der Waals surface area contributed by atoms with Gasteiger partial charge in [0.2, 0.25) is 0 Å². The van der Waals surface area contributed by atoms with Gasteiger partial charge in [0.25, 0.3) is 0 Å². The van der Waals surface area contributed by atoms with Crippen molar-refractivity contribution in [3.05, 3.63) is 0 Å². The maximum atomic E-state index is 6.17. The second-order valence-electron chi connectivity index (χ2n) is 6.61. The standard InChI is InChI=1S/C15H31N3/c1-4-14(5-2)6-11-18(13-14)15(12-16)7-9-17(3)10-8-15/h4-13,16H2,1-3H3. The van der Waals surface area contributed by atoms with Gasteiger partial charge >= 0.3 is 0 Å². The minimum Gasteiger partial charge on any atom is -0.329 e. The molecule has 0 aromatic heterocycles. The Hall–Kier alpha value is -0.120. The van der Waals surface area contributed by atoms with E-state index in [2.05, 4.69) is 30.7 Å². The molecule has 0 aromatic carbocycles. The van der Waals surface area contributed by atoms with Crippen molar-refractivity contribution in [2.45, 2.75) is 51.5 Å². The van der Waals surface area contributed by atoms with E-state index in [1.54, 1.807) is 0 Å². The summed E-state index contributed by atoms with van der Waals surface area (Å²) >= 11 is 0. The Morgan fingerprint density at radius 1 is 1.00 bits per heavy atom. The van der Waals surface area contributed by atoms with Gasteiger partial charge in [-0.3, -0.25) is 4.90 Å². The Balaban J connectivity index is 2.06. The normalized spacial score (nSPS) is 28.7. The van der Waals surface area contributed by atoms with Crippen molar-refractivity contribution in [2.75, 3.05) is 39.8 Å². The molecule has 3 nitrogen and oxygen atoms in total. The highest BCUT2D eigenvalue weighted by molar-refractivity contribution is 5.01. The van der Waals surface area contributed by atoms with Crippen LogP contribution in [0, 0.1) is 5.41 Å². The van der Waals surface area contributed by atoms with E-state index < -0.39 is 0 Å². The number of hydrogen-bond acceptors (Lipinski definition) is 3. The van der Waals surface area contributed by atoms with Gasteiger partial charge in [-0.05, 0) is 64.2 Å². The van der Waals surface area contributed by atoms with Gasteiger partial charge in [0, 0.05) is 18.6 Å². The first kappa shape index (κ1) is 14.3. The van der Waals surface area contributed by atoms with Crippen LogP contribution in [0.5, 0.6) is 0 Å². The number of nitrogens with zero attached hydrogens (tertiary/aromatic N) is 2. The van der Waals surface area contributed by atoms with Crippen LogP contribution in [0.2, 0.25) is 0 Å². The maximum absolute atomic E-state index is 6.17. The van der Waals surface area contributed by atoms with Crippen LogP contribution in [0.1, 0.15) is 46.0 Å². The van der Waals surface area contributed by atoms with Crippen molar-refractivity contribution in [2.24, 2.45) is 11.1 Å². The number of nitrogens with two attached hydrogens (primary N) is 1. The van der Waals surface area contributed by atoms with E-state index in [4.69, 9.17) is 5.73 Å². The zero-order valence-corrected chi connectivity index (χ0v) is 12.5. The number of likely N-dealkylation sites (tertiary alicyclic amines) is 2. The van der Waals surface area contributed by atoms with Crippen molar-refractivity contribution in [3.63, 3.8) is 0 Å². The van der Waals surface area contributed by atoms with Gasteiger partial charge in [-0.2, -0.15) is 0 Å². The summed E-state index contributed by atoms with van der Waals surface area (Å²) in [6, 6.07) is 0. The van der Waals surface area contributed by atoms with Crippen molar-refractivity contribution in [3.8, 4) is 0 Å². The Kier molecular flexibility index (Phi) is 4.35. The van der Waals surface area contributed by atoms with Crippen LogP contribution in [0.3, 0.4) is 0 Å². The van der Waals surface area contributed by atoms with Gasteiger partial charge < -0.3 is 10.6 Å². The van der Waals surface area contributed by atoms with Crippen LogP contribution in [0.25, 0.3) is 0 Å². The molecular formula is C15H31N3. The first-order valence-corrected chi connectivity index (χ1v) is 7.73. The zero-order chi connectivity index (χ0) is 13.2. The molecule has 2 rings (SSSR count). The fourth-order valence-electron chi connectivity index (χ4n) is 3.85. The topological polar surface area (TPSA) is 32.5 Å². The molecule has 0 saturated carbocycles. The van der Waals surface area contributed by atoms with E-state index in [1.807, 2.05) is 0 Å². The van der Waals surface area contributed by atoms with Gasteiger partial charge in [0.05, 0.1) is 0 Å². The fraction of sp³-hybridized carbons (Fsp3) is 1.00. The molecule has 106 valence electrons. The van der Waals surface area contributed by atoms with Gasteiger partial charge in [0.15, 0.2) is 0 Å². The maximum Gasteiger partial charge on any atom is 0.0356 e. The second-order valence-corrected chi connectivity index (χ2v) is 6.61. The third-order valence-electron chi connectivity index (χ3n) is 5.91. The molecule has 0 aliphatic carbocycles. The van der Waals surface area contributed by atoms with Crippen LogP contribution < -0.4 is 5.73 Å². The van der Waals surface area contributed by atoms with E-state index in [0.29, 0.717) is 11.0 Å². The summed E-state index contributed by atoms with van der Waals surface area (Å²) in [5.41, 5.74) is 7.05. The molecule has 0 atom stereocenters. The first-order valence-electron chi connectivity index (χ1n) is 7.73. The van der Waals surface area contributed by atoms with Crippen LogP contribution in [-0.2, 0) is 0 Å². The van der Waals surface area contributed by atoms with Crippen LogP contribution >= 0.6 is 0 Å². The number of hydrogen-bond donors (Lipinski definition) is 1. The highest BCUT2D eigenvalue weighted by Crippen LogP contribution is 2.42. The average Bonchev–Trinajstić information content (AvgIpc) is 2.86. The highest BCUT2D eigenvalue weighted by Gasteiger charge is 2.45. The van der Waals surface area contributed by atoms with E-state index in [9.17, 15) is 0 Å². The quantitative estimate of drug-likeness (QED) is 0.831. The molecule has 2 fully saturated rings. The predicted octanol–water partition coefficient (Wildman–Crippen LogP) is 1.92. The molecule has 0 bridgehead atoms. The Bertz CT molecular complexity index is 265. The molecular weight excluding hydrogens is 222 g/mol. The molecule has 18 heavy (non-hydrogen) atoms. The Morgan fingerprint density at radius 3 is 2.06 bits per heavy atom. The second kappa shape index (κ2) is 5.48. The molecule has 0 aromatic rings. The van der Waals surface area contributed by atoms with E-state index in [-0.39, 0.29) is 0 Å². The molecule has 2 aliphatic heterocycles. The summed E-state index contributed by atoms with van der Waals surface area (Å²) < 4.78 is 0. The molecule has 3 heteroatoms. The fourth-order valence-corrected chi connectivity index (χ4v) is 3.85. The summed E-state index contributed by atoms with van der Waals surface area (Å²) in [6.07, 6.45) is 6.52. The lowest BCUT2D eigenvalue weighted by molar-refractivity contribution is 0.0417. The zero-order valence-electron chi connectivity index (χ0n) is 12.5. The number of piperidine rings is 1. The van der Waals surface area contributed by atoms with E-state index in [1.165, 1.54) is 58.3 Å². The smallest absolute Gasteiger partial charge is 0.0356 e. The third-order valence-corrected chi connectivity index (χ3v) is 5.91. The van der Waals surface area contributed by atoms with Crippen molar-refractivity contribution in [1.29, 1.82) is 0 Å². The molecule has 0 radical (unpaired) electrons. The van der Waals surface area contributed by atoms with E-state index >= 15 is 0 Å². The largest absolute Gasteiger partial charge is 0.329 e. The Morgan fingerprint density at radius 2 is 1.61 bits per heavy atom. The minimum atomic E-state index is 0.304. The van der Waals surface area contributed by atoms with Crippen LogP contribution in [-0.4, -0.2) is 55.1 Å². The summed E-state index contributed by atoms with van der Waals surface area (Å²) in [5.74, 6) is 0. The molecule has 0 amide bonds. The summed E-state index contributed by atoms with van der Waals surface area (Å²) in [6.45, 7) is 10.5. The molecule has 2 saturated heterocycles. The monoisotopic (exact) mass is 253 g/mol. The van der Waals surface area contributed by atoms with Gasteiger partial charge in [-0.15, -0.1) is 0 Å². The first-order chi connectivity index (χ1) is 8.60. The summed E-state index contributed by atoms with van der Waals surface area (Å²) in [5, 5.41) is 0. The molecule has 2 N–H and O–H groups in total. The van der Waals surface area contributed by atoms with Gasteiger partial charge in [-0.25, -0.2) is 0 Å². The summed E-state index contributed by atoms with van der Waals surface area (Å²) in [7, 11) is 2.23. The van der Waals surface area contributed by atoms with Crippen molar-refractivity contribution < 1.29 is 0 Å². The lowest BCUT2D eigenvalue weighted by atomic mass is 9.81. The van der Waals surface area contributed by atoms with Crippen molar-refractivity contribution >= 4 is 0 Å². The molecule has 0 unspecified atom stereocenters. The lowest BCUT2D eigenvalue weighted by Crippen LogP contribution is -2.58. The Labute approximate surface area is 113 Å². The molecule has 0 spiro atoms. The molecule has 2 heterocycles. The average molecular weight is 253 g/mol. The minimum absolute atomic E-state index is 0.304. The number of rotatable bonds is 4. The SMILES string of the molecule is CCC1(CC)CCN(C2(CN)CCN(C)CC2)C1. The highest BCUT2D eigenvalue weighted by atomic mass is 15.3.